The number of hydrogen-bond donors (Lipinski definition) is 2. The molecule has 1 heterocycles. The minimum atomic E-state index is -0.0549. The lowest BCUT2D eigenvalue weighted by Gasteiger charge is -2.10. The van der Waals surface area contributed by atoms with Crippen LogP contribution in [-0.4, -0.2) is 26.2 Å². The Hall–Kier alpha value is -2.24. The average molecular weight is 349 g/mol. The molecule has 0 fully saturated rings. The van der Waals surface area contributed by atoms with E-state index in [0.29, 0.717) is 13.0 Å². The van der Waals surface area contributed by atoms with Crippen LogP contribution in [0.15, 0.2) is 42.5 Å². The van der Waals surface area contributed by atoms with Crippen molar-refractivity contribution in [3.8, 4) is 11.5 Å². The highest BCUT2D eigenvalue weighted by atomic mass is 35.5. The Morgan fingerprint density at radius 1 is 1.29 bits per heavy atom. The van der Waals surface area contributed by atoms with Gasteiger partial charge in [-0.2, -0.15) is 0 Å². The fourth-order valence-electron chi connectivity index (χ4n) is 2.57. The van der Waals surface area contributed by atoms with Crippen LogP contribution >= 0.6 is 12.4 Å². The van der Waals surface area contributed by atoms with E-state index in [0.717, 1.165) is 41.4 Å². The number of methoxy groups -OCH3 is 1. The third kappa shape index (κ3) is 4.63. The van der Waals surface area contributed by atoms with E-state index in [-0.39, 0.29) is 18.3 Å². The van der Waals surface area contributed by atoms with E-state index in [4.69, 9.17) is 9.47 Å². The van der Waals surface area contributed by atoms with Gasteiger partial charge in [0.05, 0.1) is 13.5 Å². The van der Waals surface area contributed by atoms with Crippen LogP contribution in [0.1, 0.15) is 11.1 Å². The van der Waals surface area contributed by atoms with Crippen molar-refractivity contribution >= 4 is 24.0 Å². The van der Waals surface area contributed by atoms with Gasteiger partial charge in [0.1, 0.15) is 18.1 Å². The average Bonchev–Trinajstić information content (AvgIpc) is 2.79. The number of rotatable bonds is 4. The van der Waals surface area contributed by atoms with Crippen LogP contribution in [0.5, 0.6) is 11.5 Å². The molecule has 1 amide bonds. The highest BCUT2D eigenvalue weighted by molar-refractivity contribution is 5.92. The van der Waals surface area contributed by atoms with Crippen LogP contribution < -0.4 is 20.1 Å². The Balaban J connectivity index is 0.00000208. The molecule has 2 N–H and O–H groups in total. The number of halogens is 1. The lowest BCUT2D eigenvalue weighted by Crippen LogP contribution is -2.16. The van der Waals surface area contributed by atoms with Crippen molar-refractivity contribution in [2.24, 2.45) is 0 Å². The van der Waals surface area contributed by atoms with Gasteiger partial charge in [0.2, 0.25) is 5.91 Å². The fraction of sp³-hybridized carbons (Fsp3) is 0.278. The number of nitrogens with one attached hydrogen (secondary N) is 2. The first-order valence-electron chi connectivity index (χ1n) is 7.64. The number of fused-ring (bicyclic) bond motifs is 1. The Kier molecular flexibility index (Phi) is 6.46. The molecule has 2 aromatic rings. The predicted molar refractivity (Wildman–Crippen MR) is 96.2 cm³/mol. The van der Waals surface area contributed by atoms with E-state index in [1.54, 1.807) is 7.11 Å². The summed E-state index contributed by atoms with van der Waals surface area (Å²) in [5, 5.41) is 6.22. The van der Waals surface area contributed by atoms with Gasteiger partial charge in [-0.1, -0.05) is 12.1 Å². The van der Waals surface area contributed by atoms with Gasteiger partial charge in [0.15, 0.2) is 0 Å². The van der Waals surface area contributed by atoms with Crippen LogP contribution in [0.2, 0.25) is 0 Å². The highest BCUT2D eigenvalue weighted by Crippen LogP contribution is 2.24. The molecule has 5 nitrogen and oxygen atoms in total. The van der Waals surface area contributed by atoms with Crippen molar-refractivity contribution in [1.82, 2.24) is 5.32 Å². The molecule has 1 aliphatic heterocycles. The van der Waals surface area contributed by atoms with Crippen molar-refractivity contribution in [2.75, 3.05) is 25.6 Å². The maximum absolute atomic E-state index is 12.2. The summed E-state index contributed by atoms with van der Waals surface area (Å²) in [7, 11) is 1.62. The van der Waals surface area contributed by atoms with Gasteiger partial charge in [-0.15, -0.1) is 12.4 Å². The van der Waals surface area contributed by atoms with Crippen LogP contribution in [0.3, 0.4) is 0 Å². The molecule has 3 rings (SSSR count). The molecule has 0 saturated heterocycles. The minimum absolute atomic E-state index is 0. The van der Waals surface area contributed by atoms with Gasteiger partial charge in [-0.25, -0.2) is 0 Å². The Morgan fingerprint density at radius 3 is 3.00 bits per heavy atom. The first-order valence-corrected chi connectivity index (χ1v) is 7.64. The predicted octanol–water partition coefficient (Wildman–Crippen LogP) is 2.78. The Bertz CT molecular complexity index is 706. The van der Waals surface area contributed by atoms with E-state index < -0.39 is 0 Å². The third-order valence-corrected chi connectivity index (χ3v) is 3.69. The summed E-state index contributed by atoms with van der Waals surface area (Å²) >= 11 is 0. The third-order valence-electron chi connectivity index (χ3n) is 3.69. The number of carbonyl (C=O) groups excluding carboxylic acids is 1. The molecule has 128 valence electrons. The van der Waals surface area contributed by atoms with Gasteiger partial charge in [-0.3, -0.25) is 4.79 Å². The second kappa shape index (κ2) is 8.57. The second-order valence-corrected chi connectivity index (χ2v) is 5.42. The van der Waals surface area contributed by atoms with Gasteiger partial charge >= 0.3 is 0 Å². The second-order valence-electron chi connectivity index (χ2n) is 5.42. The molecule has 0 bridgehead atoms. The van der Waals surface area contributed by atoms with Crippen LogP contribution in [0, 0.1) is 0 Å². The summed E-state index contributed by atoms with van der Waals surface area (Å²) in [4.78, 5) is 12.2. The van der Waals surface area contributed by atoms with E-state index in [1.807, 2.05) is 42.5 Å². The Labute approximate surface area is 147 Å². The number of carbonyl (C=O) groups is 1. The quantitative estimate of drug-likeness (QED) is 0.892. The van der Waals surface area contributed by atoms with E-state index >= 15 is 0 Å². The van der Waals surface area contributed by atoms with Crippen LogP contribution in [0.25, 0.3) is 0 Å². The molecule has 0 spiro atoms. The SMILES string of the molecule is COc1cccc(CC(=O)Nc2ccc3c(c2)CNCCO3)c1.Cl. The molecule has 2 aromatic carbocycles. The monoisotopic (exact) mass is 348 g/mol. The molecule has 0 atom stereocenters. The van der Waals surface area contributed by atoms with Gasteiger partial charge in [-0.05, 0) is 35.9 Å². The zero-order valence-corrected chi connectivity index (χ0v) is 14.3. The van der Waals surface area contributed by atoms with Crippen molar-refractivity contribution in [3.63, 3.8) is 0 Å². The molecule has 0 unspecified atom stereocenters. The summed E-state index contributed by atoms with van der Waals surface area (Å²) in [6.45, 7) is 2.23. The minimum Gasteiger partial charge on any atom is -0.497 e. The van der Waals surface area contributed by atoms with Crippen molar-refractivity contribution < 1.29 is 14.3 Å². The van der Waals surface area contributed by atoms with Crippen LogP contribution in [0.4, 0.5) is 5.69 Å². The van der Waals surface area contributed by atoms with Gasteiger partial charge in [0.25, 0.3) is 0 Å². The van der Waals surface area contributed by atoms with E-state index in [2.05, 4.69) is 10.6 Å². The fourth-order valence-corrected chi connectivity index (χ4v) is 2.57. The summed E-state index contributed by atoms with van der Waals surface area (Å²) in [6.07, 6.45) is 0.309. The molecule has 6 heteroatoms. The first-order chi connectivity index (χ1) is 11.2. The first kappa shape index (κ1) is 18.1. The van der Waals surface area contributed by atoms with Crippen molar-refractivity contribution in [2.45, 2.75) is 13.0 Å². The largest absolute Gasteiger partial charge is 0.497 e. The maximum Gasteiger partial charge on any atom is 0.228 e. The normalized spacial score (nSPS) is 12.9. The summed E-state index contributed by atoms with van der Waals surface area (Å²) < 4.78 is 10.8. The number of hydrogen-bond acceptors (Lipinski definition) is 4. The van der Waals surface area contributed by atoms with E-state index in [1.165, 1.54) is 0 Å². The molecule has 1 aliphatic rings. The molecule has 0 aromatic heterocycles. The lowest BCUT2D eigenvalue weighted by atomic mass is 10.1. The van der Waals surface area contributed by atoms with Gasteiger partial charge < -0.3 is 20.1 Å². The molecular weight excluding hydrogens is 328 g/mol. The van der Waals surface area contributed by atoms with Crippen molar-refractivity contribution in [3.05, 3.63) is 53.6 Å². The summed E-state index contributed by atoms with van der Waals surface area (Å²) in [5.74, 6) is 1.57. The van der Waals surface area contributed by atoms with Crippen molar-refractivity contribution in [1.29, 1.82) is 0 Å². The molecule has 0 aliphatic carbocycles. The number of benzene rings is 2. The standard InChI is InChI=1S/C18H20N2O3.ClH/c1-22-16-4-2-3-13(9-16)10-18(21)20-15-5-6-17-14(11-15)12-19-7-8-23-17;/h2-6,9,11,19H,7-8,10,12H2,1H3,(H,20,21);1H. The highest BCUT2D eigenvalue weighted by Gasteiger charge is 2.11. The Morgan fingerprint density at radius 2 is 2.17 bits per heavy atom. The molecule has 24 heavy (non-hydrogen) atoms. The van der Waals surface area contributed by atoms with Crippen LogP contribution in [-0.2, 0) is 17.8 Å². The molecular formula is C18H21ClN2O3. The lowest BCUT2D eigenvalue weighted by molar-refractivity contribution is -0.115. The molecule has 0 saturated carbocycles. The number of amides is 1. The zero-order chi connectivity index (χ0) is 16.1. The smallest absolute Gasteiger partial charge is 0.228 e. The topological polar surface area (TPSA) is 59.6 Å². The summed E-state index contributed by atoms with van der Waals surface area (Å²) in [6, 6.07) is 13.3. The molecule has 0 radical (unpaired) electrons. The summed E-state index contributed by atoms with van der Waals surface area (Å²) in [5.41, 5.74) is 2.76. The van der Waals surface area contributed by atoms with E-state index in [9.17, 15) is 4.79 Å². The van der Waals surface area contributed by atoms with Gasteiger partial charge in [0, 0.05) is 24.3 Å². The maximum atomic E-state index is 12.2. The number of ether oxygens (including phenoxy) is 2. The zero-order valence-electron chi connectivity index (χ0n) is 13.5. The number of anilines is 1.